The number of nitrogens with one attached hydrogen (secondary N) is 1. The Kier molecular flexibility index (Phi) is 4.78. The summed E-state index contributed by atoms with van der Waals surface area (Å²) in [5.74, 6) is 0. The summed E-state index contributed by atoms with van der Waals surface area (Å²) >= 11 is 11.4. The van der Waals surface area contributed by atoms with Gasteiger partial charge in [-0.2, -0.15) is 0 Å². The lowest BCUT2D eigenvalue weighted by Gasteiger charge is -2.17. The Hall–Kier alpha value is -0.420. The van der Waals surface area contributed by atoms with Gasteiger partial charge in [0, 0.05) is 20.6 Å². The van der Waals surface area contributed by atoms with Gasteiger partial charge in [-0.05, 0) is 37.2 Å². The van der Waals surface area contributed by atoms with E-state index >= 15 is 0 Å². The Balaban J connectivity index is 2.44. The molecular formula is C13H14BrClN2S. The minimum Gasteiger partial charge on any atom is -0.304 e. The van der Waals surface area contributed by atoms with Gasteiger partial charge in [0.25, 0.3) is 0 Å². The molecule has 0 aliphatic heterocycles. The second kappa shape index (κ2) is 6.15. The topological polar surface area (TPSA) is 24.9 Å². The largest absolute Gasteiger partial charge is 0.304 e. The Bertz CT molecular complexity index is 542. The Morgan fingerprint density at radius 2 is 2.28 bits per heavy atom. The summed E-state index contributed by atoms with van der Waals surface area (Å²) < 4.78 is 1.03. The van der Waals surface area contributed by atoms with E-state index in [-0.39, 0.29) is 6.04 Å². The number of aryl methyl sites for hydroxylation is 1. The molecular weight excluding hydrogens is 332 g/mol. The number of rotatable bonds is 4. The van der Waals surface area contributed by atoms with Gasteiger partial charge in [-0.1, -0.05) is 34.5 Å². The first-order valence-corrected chi connectivity index (χ1v) is 7.77. The van der Waals surface area contributed by atoms with Gasteiger partial charge in [0.2, 0.25) is 0 Å². The van der Waals surface area contributed by atoms with Crippen molar-refractivity contribution in [3.63, 3.8) is 0 Å². The van der Waals surface area contributed by atoms with Gasteiger partial charge in [-0.15, -0.1) is 11.3 Å². The summed E-state index contributed by atoms with van der Waals surface area (Å²) in [6, 6.07) is 5.96. The van der Waals surface area contributed by atoms with Crippen molar-refractivity contribution < 1.29 is 0 Å². The number of nitrogens with zero attached hydrogens (tertiary/aromatic N) is 1. The van der Waals surface area contributed by atoms with E-state index in [0.717, 1.165) is 32.3 Å². The number of hydrogen-bond donors (Lipinski definition) is 1. The van der Waals surface area contributed by atoms with Crippen LogP contribution in [0, 0.1) is 6.92 Å². The average Bonchev–Trinajstić information content (AvgIpc) is 2.76. The van der Waals surface area contributed by atoms with E-state index in [0.29, 0.717) is 0 Å². The van der Waals surface area contributed by atoms with Crippen LogP contribution in [0.5, 0.6) is 0 Å². The van der Waals surface area contributed by atoms with Crippen molar-refractivity contribution in [3.05, 3.63) is 49.3 Å². The minimum absolute atomic E-state index is 0.0544. The van der Waals surface area contributed by atoms with Crippen LogP contribution in [-0.2, 0) is 0 Å². The number of thiazole rings is 1. The van der Waals surface area contributed by atoms with Crippen LogP contribution in [0.3, 0.4) is 0 Å². The third kappa shape index (κ3) is 3.12. The second-order valence-electron chi connectivity index (χ2n) is 3.98. The summed E-state index contributed by atoms with van der Waals surface area (Å²) in [6.45, 7) is 4.96. The SMILES string of the molecule is CCNC(c1nc(C)cs1)c1cc(Br)ccc1Cl. The van der Waals surface area contributed by atoms with E-state index in [4.69, 9.17) is 11.6 Å². The third-order valence-electron chi connectivity index (χ3n) is 2.56. The smallest absolute Gasteiger partial charge is 0.114 e. The van der Waals surface area contributed by atoms with Crippen molar-refractivity contribution in [2.75, 3.05) is 6.54 Å². The lowest BCUT2D eigenvalue weighted by atomic mass is 10.1. The zero-order valence-electron chi connectivity index (χ0n) is 10.2. The van der Waals surface area contributed by atoms with Gasteiger partial charge in [-0.25, -0.2) is 4.98 Å². The number of hydrogen-bond acceptors (Lipinski definition) is 3. The molecule has 0 amide bonds. The molecule has 0 spiro atoms. The molecule has 2 aromatic rings. The number of benzene rings is 1. The van der Waals surface area contributed by atoms with Crippen molar-refractivity contribution >= 4 is 38.9 Å². The zero-order chi connectivity index (χ0) is 13.1. The minimum atomic E-state index is 0.0544. The molecule has 1 heterocycles. The monoisotopic (exact) mass is 344 g/mol. The van der Waals surface area contributed by atoms with Crippen molar-refractivity contribution in [2.45, 2.75) is 19.9 Å². The van der Waals surface area contributed by atoms with Crippen LogP contribution >= 0.6 is 38.9 Å². The predicted octanol–water partition coefficient (Wildman–Crippen LogP) is 4.57. The molecule has 96 valence electrons. The highest BCUT2D eigenvalue weighted by Crippen LogP contribution is 2.32. The van der Waals surface area contributed by atoms with E-state index in [1.165, 1.54) is 0 Å². The predicted molar refractivity (Wildman–Crippen MR) is 81.5 cm³/mol. The molecule has 2 nitrogen and oxygen atoms in total. The summed E-state index contributed by atoms with van der Waals surface area (Å²) in [5.41, 5.74) is 2.10. The van der Waals surface area contributed by atoms with Gasteiger partial charge in [0.05, 0.1) is 6.04 Å². The number of aromatic nitrogens is 1. The maximum absolute atomic E-state index is 6.30. The van der Waals surface area contributed by atoms with Crippen LogP contribution in [-0.4, -0.2) is 11.5 Å². The zero-order valence-corrected chi connectivity index (χ0v) is 13.4. The molecule has 1 N–H and O–H groups in total. The van der Waals surface area contributed by atoms with Gasteiger partial charge in [0.1, 0.15) is 5.01 Å². The Morgan fingerprint density at radius 3 is 2.89 bits per heavy atom. The van der Waals surface area contributed by atoms with E-state index in [1.807, 2.05) is 25.1 Å². The van der Waals surface area contributed by atoms with Gasteiger partial charge in [0.15, 0.2) is 0 Å². The van der Waals surface area contributed by atoms with Gasteiger partial charge < -0.3 is 5.32 Å². The summed E-state index contributed by atoms with van der Waals surface area (Å²) in [5, 5.41) is 7.31. The van der Waals surface area contributed by atoms with Gasteiger partial charge in [-0.3, -0.25) is 0 Å². The molecule has 2 rings (SSSR count). The average molecular weight is 346 g/mol. The summed E-state index contributed by atoms with van der Waals surface area (Å²) in [7, 11) is 0. The molecule has 0 aliphatic carbocycles. The first-order chi connectivity index (χ1) is 8.61. The highest BCUT2D eigenvalue weighted by Gasteiger charge is 2.19. The molecule has 1 aromatic carbocycles. The summed E-state index contributed by atoms with van der Waals surface area (Å²) in [6.07, 6.45) is 0. The number of halogens is 2. The van der Waals surface area contributed by atoms with Crippen molar-refractivity contribution in [1.29, 1.82) is 0 Å². The molecule has 1 aromatic heterocycles. The van der Waals surface area contributed by atoms with E-state index in [9.17, 15) is 0 Å². The molecule has 0 aliphatic rings. The van der Waals surface area contributed by atoms with Crippen molar-refractivity contribution in [3.8, 4) is 0 Å². The molecule has 0 fully saturated rings. The first kappa shape index (κ1) is 14.0. The molecule has 0 bridgehead atoms. The highest BCUT2D eigenvalue weighted by atomic mass is 79.9. The fraction of sp³-hybridized carbons (Fsp3) is 0.308. The highest BCUT2D eigenvalue weighted by molar-refractivity contribution is 9.10. The van der Waals surface area contributed by atoms with Crippen molar-refractivity contribution in [1.82, 2.24) is 10.3 Å². The van der Waals surface area contributed by atoms with Crippen LogP contribution in [0.4, 0.5) is 0 Å². The standard InChI is InChI=1S/C13H14BrClN2S/c1-3-16-12(13-17-8(2)7-18-13)10-6-9(14)4-5-11(10)15/h4-7,12,16H,3H2,1-2H3. The van der Waals surface area contributed by atoms with E-state index < -0.39 is 0 Å². The fourth-order valence-corrected chi connectivity index (χ4v) is 3.27. The summed E-state index contributed by atoms with van der Waals surface area (Å²) in [4.78, 5) is 4.56. The van der Waals surface area contributed by atoms with Crippen LogP contribution in [0.15, 0.2) is 28.1 Å². The quantitative estimate of drug-likeness (QED) is 0.878. The molecule has 1 atom stereocenters. The Labute approximate surface area is 125 Å². The molecule has 1 unspecified atom stereocenters. The second-order valence-corrected chi connectivity index (χ2v) is 6.20. The van der Waals surface area contributed by atoms with Crippen LogP contribution in [0.1, 0.15) is 29.2 Å². The molecule has 0 saturated heterocycles. The van der Waals surface area contributed by atoms with E-state index in [1.54, 1.807) is 11.3 Å². The molecule has 18 heavy (non-hydrogen) atoms. The lowest BCUT2D eigenvalue weighted by molar-refractivity contribution is 0.626. The maximum atomic E-state index is 6.30. The normalized spacial score (nSPS) is 12.7. The van der Waals surface area contributed by atoms with Crippen LogP contribution in [0.25, 0.3) is 0 Å². The van der Waals surface area contributed by atoms with Crippen LogP contribution < -0.4 is 5.32 Å². The van der Waals surface area contributed by atoms with Crippen molar-refractivity contribution in [2.24, 2.45) is 0 Å². The van der Waals surface area contributed by atoms with E-state index in [2.05, 4.69) is 38.5 Å². The van der Waals surface area contributed by atoms with Gasteiger partial charge >= 0.3 is 0 Å². The van der Waals surface area contributed by atoms with Crippen LogP contribution in [0.2, 0.25) is 5.02 Å². The fourth-order valence-electron chi connectivity index (χ4n) is 1.78. The Morgan fingerprint density at radius 1 is 1.50 bits per heavy atom. The molecule has 0 saturated carbocycles. The first-order valence-electron chi connectivity index (χ1n) is 5.72. The molecule has 5 heteroatoms. The third-order valence-corrected chi connectivity index (χ3v) is 4.43. The lowest BCUT2D eigenvalue weighted by Crippen LogP contribution is -2.22. The maximum Gasteiger partial charge on any atom is 0.114 e. The molecule has 0 radical (unpaired) electrons.